The number of hydrogen-bond donors (Lipinski definition) is 2. The Morgan fingerprint density at radius 1 is 1.50 bits per heavy atom. The molecule has 14 heavy (non-hydrogen) atoms. The van der Waals surface area contributed by atoms with Crippen molar-refractivity contribution in [3.63, 3.8) is 0 Å². The largest absolute Gasteiger partial charge is 0.395 e. The summed E-state index contributed by atoms with van der Waals surface area (Å²) in [6.45, 7) is 9.18. The third-order valence-corrected chi connectivity index (χ3v) is 3.13. The Hall–Kier alpha value is -0.120. The van der Waals surface area contributed by atoms with E-state index in [0.29, 0.717) is 12.1 Å². The molecule has 0 aromatic rings. The van der Waals surface area contributed by atoms with Crippen molar-refractivity contribution in [3.8, 4) is 0 Å². The van der Waals surface area contributed by atoms with Crippen LogP contribution in [0.1, 0.15) is 33.6 Å². The highest BCUT2D eigenvalue weighted by molar-refractivity contribution is 4.84. The lowest BCUT2D eigenvalue weighted by Gasteiger charge is -2.22. The van der Waals surface area contributed by atoms with Gasteiger partial charge in [0.2, 0.25) is 0 Å². The second-order valence-corrected chi connectivity index (χ2v) is 4.53. The monoisotopic (exact) mass is 200 g/mol. The van der Waals surface area contributed by atoms with Crippen LogP contribution in [0.4, 0.5) is 0 Å². The number of aliphatic hydroxyl groups excluding tert-OH is 1. The number of rotatable bonds is 5. The van der Waals surface area contributed by atoms with Gasteiger partial charge in [-0.1, -0.05) is 6.92 Å². The predicted molar refractivity (Wildman–Crippen MR) is 59.4 cm³/mol. The standard InChI is InChI=1S/C11H24N2O/c1-4-10(8-14)12-11-5-6-13(7-11)9(2)3/h9-12,14H,4-8H2,1-3H3/t10-,11?/m0/s1. The van der Waals surface area contributed by atoms with Crippen LogP contribution in [0.5, 0.6) is 0 Å². The summed E-state index contributed by atoms with van der Waals surface area (Å²) in [5, 5.41) is 12.6. The van der Waals surface area contributed by atoms with Crippen molar-refractivity contribution < 1.29 is 5.11 Å². The summed E-state index contributed by atoms with van der Waals surface area (Å²) < 4.78 is 0. The maximum absolute atomic E-state index is 9.09. The van der Waals surface area contributed by atoms with E-state index in [1.54, 1.807) is 0 Å². The molecular formula is C11H24N2O. The minimum absolute atomic E-state index is 0.259. The Labute approximate surface area is 87.5 Å². The molecule has 0 amide bonds. The zero-order chi connectivity index (χ0) is 10.6. The second kappa shape index (κ2) is 5.69. The molecule has 1 unspecified atom stereocenters. The van der Waals surface area contributed by atoms with E-state index in [1.807, 2.05) is 0 Å². The molecule has 3 heteroatoms. The van der Waals surface area contributed by atoms with Crippen LogP contribution in [-0.4, -0.2) is 47.8 Å². The normalized spacial score (nSPS) is 25.9. The van der Waals surface area contributed by atoms with Gasteiger partial charge in [-0.25, -0.2) is 0 Å². The van der Waals surface area contributed by atoms with Gasteiger partial charge in [0.1, 0.15) is 0 Å². The number of nitrogens with one attached hydrogen (secondary N) is 1. The summed E-state index contributed by atoms with van der Waals surface area (Å²) in [6, 6.07) is 1.51. The van der Waals surface area contributed by atoms with Crippen LogP contribution < -0.4 is 5.32 Å². The summed E-state index contributed by atoms with van der Waals surface area (Å²) in [5.41, 5.74) is 0. The fraction of sp³-hybridized carbons (Fsp3) is 1.00. The van der Waals surface area contributed by atoms with Crippen molar-refractivity contribution in [1.29, 1.82) is 0 Å². The molecule has 3 nitrogen and oxygen atoms in total. The number of likely N-dealkylation sites (tertiary alicyclic amines) is 1. The van der Waals surface area contributed by atoms with Crippen LogP contribution in [0.25, 0.3) is 0 Å². The van der Waals surface area contributed by atoms with Crippen LogP contribution >= 0.6 is 0 Å². The molecule has 0 bridgehead atoms. The molecule has 2 N–H and O–H groups in total. The summed E-state index contributed by atoms with van der Waals surface area (Å²) in [5.74, 6) is 0. The highest BCUT2D eigenvalue weighted by Gasteiger charge is 2.25. The highest BCUT2D eigenvalue weighted by atomic mass is 16.3. The molecule has 0 aromatic carbocycles. The van der Waals surface area contributed by atoms with E-state index in [2.05, 4.69) is 31.0 Å². The molecule has 2 atom stereocenters. The van der Waals surface area contributed by atoms with Crippen LogP contribution in [0.3, 0.4) is 0 Å². The van der Waals surface area contributed by atoms with Crippen LogP contribution in [-0.2, 0) is 0 Å². The van der Waals surface area contributed by atoms with Crippen molar-refractivity contribution in [3.05, 3.63) is 0 Å². The van der Waals surface area contributed by atoms with Gasteiger partial charge in [0.05, 0.1) is 6.61 Å². The molecule has 0 spiro atoms. The van der Waals surface area contributed by atoms with Gasteiger partial charge in [-0.2, -0.15) is 0 Å². The molecule has 0 radical (unpaired) electrons. The average molecular weight is 200 g/mol. The Bertz CT molecular complexity index is 157. The Morgan fingerprint density at radius 3 is 2.64 bits per heavy atom. The summed E-state index contributed by atoms with van der Waals surface area (Å²) >= 11 is 0. The van der Waals surface area contributed by atoms with E-state index in [9.17, 15) is 0 Å². The Balaban J connectivity index is 2.28. The van der Waals surface area contributed by atoms with Gasteiger partial charge in [-0.15, -0.1) is 0 Å². The first-order valence-corrected chi connectivity index (χ1v) is 5.78. The quantitative estimate of drug-likeness (QED) is 0.690. The fourth-order valence-corrected chi connectivity index (χ4v) is 2.03. The minimum atomic E-state index is 0.259. The van der Waals surface area contributed by atoms with Crippen molar-refractivity contribution in [2.75, 3.05) is 19.7 Å². The number of aliphatic hydroxyl groups is 1. The Morgan fingerprint density at radius 2 is 2.21 bits per heavy atom. The summed E-state index contributed by atoms with van der Waals surface area (Å²) in [7, 11) is 0. The summed E-state index contributed by atoms with van der Waals surface area (Å²) in [4.78, 5) is 2.49. The average Bonchev–Trinajstić information content (AvgIpc) is 2.62. The van der Waals surface area contributed by atoms with E-state index in [4.69, 9.17) is 5.11 Å². The molecule has 0 aromatic heterocycles. The van der Waals surface area contributed by atoms with Crippen molar-refractivity contribution in [2.45, 2.75) is 51.7 Å². The van der Waals surface area contributed by atoms with Crippen LogP contribution in [0, 0.1) is 0 Å². The number of nitrogens with zero attached hydrogens (tertiary/aromatic N) is 1. The molecule has 1 aliphatic heterocycles. The van der Waals surface area contributed by atoms with E-state index in [0.717, 1.165) is 13.0 Å². The molecule has 1 saturated heterocycles. The third-order valence-electron chi connectivity index (χ3n) is 3.13. The molecule has 1 aliphatic rings. The van der Waals surface area contributed by atoms with E-state index in [-0.39, 0.29) is 12.6 Å². The first kappa shape index (κ1) is 12.0. The van der Waals surface area contributed by atoms with E-state index in [1.165, 1.54) is 13.0 Å². The molecule has 1 heterocycles. The van der Waals surface area contributed by atoms with Gasteiger partial charge in [0.15, 0.2) is 0 Å². The van der Waals surface area contributed by atoms with Gasteiger partial charge in [0, 0.05) is 24.7 Å². The molecule has 0 saturated carbocycles. The fourth-order valence-electron chi connectivity index (χ4n) is 2.03. The molecule has 0 aliphatic carbocycles. The maximum atomic E-state index is 9.09. The van der Waals surface area contributed by atoms with Gasteiger partial charge >= 0.3 is 0 Å². The van der Waals surface area contributed by atoms with Gasteiger partial charge in [-0.05, 0) is 33.2 Å². The first-order valence-electron chi connectivity index (χ1n) is 5.78. The molecular weight excluding hydrogens is 176 g/mol. The van der Waals surface area contributed by atoms with Gasteiger partial charge < -0.3 is 10.4 Å². The Kier molecular flexibility index (Phi) is 4.85. The first-order chi connectivity index (χ1) is 6.67. The zero-order valence-electron chi connectivity index (χ0n) is 9.66. The second-order valence-electron chi connectivity index (χ2n) is 4.53. The predicted octanol–water partition coefficient (Wildman–Crippen LogP) is 0.830. The maximum Gasteiger partial charge on any atom is 0.0584 e. The highest BCUT2D eigenvalue weighted by Crippen LogP contribution is 2.13. The lowest BCUT2D eigenvalue weighted by molar-refractivity contribution is 0.220. The molecule has 84 valence electrons. The van der Waals surface area contributed by atoms with Crippen molar-refractivity contribution >= 4 is 0 Å². The van der Waals surface area contributed by atoms with E-state index >= 15 is 0 Å². The molecule has 1 fully saturated rings. The van der Waals surface area contributed by atoms with E-state index < -0.39 is 0 Å². The topological polar surface area (TPSA) is 35.5 Å². The zero-order valence-corrected chi connectivity index (χ0v) is 9.66. The SMILES string of the molecule is CC[C@@H](CO)NC1CCN(C(C)C)C1. The number of hydrogen-bond acceptors (Lipinski definition) is 3. The van der Waals surface area contributed by atoms with Crippen molar-refractivity contribution in [2.24, 2.45) is 0 Å². The third kappa shape index (κ3) is 3.23. The van der Waals surface area contributed by atoms with Gasteiger partial charge in [-0.3, -0.25) is 4.90 Å². The van der Waals surface area contributed by atoms with Crippen LogP contribution in [0.2, 0.25) is 0 Å². The van der Waals surface area contributed by atoms with Crippen molar-refractivity contribution in [1.82, 2.24) is 10.2 Å². The lowest BCUT2D eigenvalue weighted by atomic mass is 10.2. The summed E-state index contributed by atoms with van der Waals surface area (Å²) in [6.07, 6.45) is 2.23. The van der Waals surface area contributed by atoms with Gasteiger partial charge in [0.25, 0.3) is 0 Å². The molecule has 1 rings (SSSR count). The minimum Gasteiger partial charge on any atom is -0.395 e. The lowest BCUT2D eigenvalue weighted by Crippen LogP contribution is -2.42. The smallest absolute Gasteiger partial charge is 0.0584 e. The van der Waals surface area contributed by atoms with Crippen LogP contribution in [0.15, 0.2) is 0 Å².